The first kappa shape index (κ1) is 18.8. The average molecular weight is 385 g/mol. The van der Waals surface area contributed by atoms with Crippen LogP contribution in [-0.4, -0.2) is 78.2 Å². The number of aromatic nitrogens is 2. The number of imidazole rings is 1. The molecule has 1 aromatic rings. The van der Waals surface area contributed by atoms with Crippen molar-refractivity contribution in [3.63, 3.8) is 0 Å². The van der Waals surface area contributed by atoms with E-state index in [2.05, 4.69) is 15.6 Å². The fourth-order valence-electron chi connectivity index (χ4n) is 3.29. The van der Waals surface area contributed by atoms with E-state index in [1.54, 1.807) is 7.05 Å². The molecule has 1 spiro atoms. The number of amides is 2. The van der Waals surface area contributed by atoms with Crippen molar-refractivity contribution in [1.82, 2.24) is 24.5 Å². The molecule has 0 aliphatic carbocycles. The van der Waals surface area contributed by atoms with Crippen LogP contribution in [0.2, 0.25) is 0 Å². The highest BCUT2D eigenvalue weighted by Crippen LogP contribution is 2.25. The number of hydrogen-bond acceptors (Lipinski definition) is 6. The highest BCUT2D eigenvalue weighted by Gasteiger charge is 2.44. The minimum Gasteiger partial charge on any atom is -0.381 e. The van der Waals surface area contributed by atoms with E-state index < -0.39 is 33.4 Å². The summed E-state index contributed by atoms with van der Waals surface area (Å²) in [6.45, 7) is 0.948. The van der Waals surface area contributed by atoms with Gasteiger partial charge in [-0.2, -0.15) is 4.31 Å². The molecule has 0 saturated carbocycles. The number of carbonyl (C=O) groups is 2. The Bertz CT molecular complexity index is 799. The van der Waals surface area contributed by atoms with Crippen LogP contribution in [0.1, 0.15) is 23.3 Å². The molecule has 2 fully saturated rings. The Morgan fingerprint density at radius 1 is 1.42 bits per heavy atom. The van der Waals surface area contributed by atoms with Gasteiger partial charge >= 0.3 is 0 Å². The van der Waals surface area contributed by atoms with E-state index in [9.17, 15) is 18.0 Å². The SMILES string of the molecule is Cn1cncc1C(=O)NC1CN(S(C)(=O)=O)CC2(CCOCC2)NC1=O. The van der Waals surface area contributed by atoms with Gasteiger partial charge in [-0.3, -0.25) is 9.59 Å². The molecule has 0 radical (unpaired) electrons. The number of nitrogens with zero attached hydrogens (tertiary/aromatic N) is 3. The number of aryl methyl sites for hydroxylation is 1. The highest BCUT2D eigenvalue weighted by molar-refractivity contribution is 7.88. The molecule has 0 bridgehead atoms. The molecule has 2 aliphatic rings. The third kappa shape index (κ3) is 3.89. The normalized spacial score (nSPS) is 24.1. The summed E-state index contributed by atoms with van der Waals surface area (Å²) in [7, 11) is -1.89. The minimum atomic E-state index is -3.55. The molecule has 1 atom stereocenters. The zero-order valence-electron chi connectivity index (χ0n) is 14.8. The first-order chi connectivity index (χ1) is 12.2. The molecule has 1 aromatic heterocycles. The Labute approximate surface area is 151 Å². The van der Waals surface area contributed by atoms with Crippen molar-refractivity contribution in [3.8, 4) is 0 Å². The maximum absolute atomic E-state index is 12.7. The summed E-state index contributed by atoms with van der Waals surface area (Å²) in [5.41, 5.74) is -0.390. The fraction of sp³-hybridized carbons (Fsp3) is 0.667. The van der Waals surface area contributed by atoms with Crippen LogP contribution in [-0.2, 0) is 26.6 Å². The number of carbonyl (C=O) groups excluding carboxylic acids is 2. The quantitative estimate of drug-likeness (QED) is 0.650. The van der Waals surface area contributed by atoms with Crippen molar-refractivity contribution in [2.45, 2.75) is 24.4 Å². The summed E-state index contributed by atoms with van der Waals surface area (Å²) in [5, 5.41) is 5.58. The molecule has 2 saturated heterocycles. The number of rotatable bonds is 3. The first-order valence-corrected chi connectivity index (χ1v) is 10.2. The van der Waals surface area contributed by atoms with Crippen molar-refractivity contribution in [2.24, 2.45) is 7.05 Å². The minimum absolute atomic E-state index is 0.114. The summed E-state index contributed by atoms with van der Waals surface area (Å²) in [6, 6.07) is -0.991. The second-order valence-corrected chi connectivity index (χ2v) is 8.84. The van der Waals surface area contributed by atoms with Crippen LogP contribution in [0.25, 0.3) is 0 Å². The van der Waals surface area contributed by atoms with Crippen molar-refractivity contribution in [3.05, 3.63) is 18.2 Å². The number of nitrogens with one attached hydrogen (secondary N) is 2. The molecule has 2 amide bonds. The molecule has 144 valence electrons. The Kier molecular flexibility index (Phi) is 5.04. The van der Waals surface area contributed by atoms with E-state index in [1.165, 1.54) is 21.4 Å². The molecule has 1 unspecified atom stereocenters. The van der Waals surface area contributed by atoms with Gasteiger partial charge in [0, 0.05) is 33.4 Å². The lowest BCUT2D eigenvalue weighted by atomic mass is 9.90. The molecule has 3 heterocycles. The van der Waals surface area contributed by atoms with Crippen molar-refractivity contribution in [1.29, 1.82) is 0 Å². The molecule has 2 N–H and O–H groups in total. The molecule has 2 aliphatic heterocycles. The van der Waals surface area contributed by atoms with Crippen LogP contribution in [0.4, 0.5) is 0 Å². The zero-order chi connectivity index (χ0) is 18.9. The monoisotopic (exact) mass is 385 g/mol. The predicted molar refractivity (Wildman–Crippen MR) is 91.8 cm³/mol. The largest absolute Gasteiger partial charge is 0.381 e. The van der Waals surface area contributed by atoms with Crippen molar-refractivity contribution in [2.75, 3.05) is 32.6 Å². The maximum Gasteiger partial charge on any atom is 0.270 e. The molecule has 3 rings (SSSR count). The average Bonchev–Trinajstić information content (AvgIpc) is 2.93. The summed E-state index contributed by atoms with van der Waals surface area (Å²) >= 11 is 0. The number of ether oxygens (including phenoxy) is 1. The highest BCUT2D eigenvalue weighted by atomic mass is 32.2. The van der Waals surface area contributed by atoms with Crippen LogP contribution in [0.5, 0.6) is 0 Å². The Morgan fingerprint density at radius 2 is 2.12 bits per heavy atom. The van der Waals surface area contributed by atoms with Gasteiger partial charge in [0.25, 0.3) is 5.91 Å². The van der Waals surface area contributed by atoms with Crippen LogP contribution in [0, 0.1) is 0 Å². The molecular weight excluding hydrogens is 362 g/mol. The van der Waals surface area contributed by atoms with E-state index in [0.29, 0.717) is 26.1 Å². The van der Waals surface area contributed by atoms with Crippen LogP contribution < -0.4 is 10.6 Å². The Hall–Kier alpha value is -1.98. The zero-order valence-corrected chi connectivity index (χ0v) is 15.6. The third-order valence-corrected chi connectivity index (χ3v) is 6.06. The summed E-state index contributed by atoms with van der Waals surface area (Å²) in [5.74, 6) is -0.880. The molecule has 26 heavy (non-hydrogen) atoms. The molecule has 0 aromatic carbocycles. The van der Waals surface area contributed by atoms with Gasteiger partial charge in [0.15, 0.2) is 0 Å². The van der Waals surface area contributed by atoms with Gasteiger partial charge in [-0.1, -0.05) is 0 Å². The lowest BCUT2D eigenvalue weighted by molar-refractivity contribution is -0.125. The van der Waals surface area contributed by atoms with Gasteiger partial charge in [-0.05, 0) is 12.8 Å². The van der Waals surface area contributed by atoms with E-state index in [0.717, 1.165) is 6.26 Å². The first-order valence-electron chi connectivity index (χ1n) is 8.32. The lowest BCUT2D eigenvalue weighted by Crippen LogP contribution is -2.58. The maximum atomic E-state index is 12.7. The van der Waals surface area contributed by atoms with Gasteiger partial charge in [-0.15, -0.1) is 0 Å². The predicted octanol–water partition coefficient (Wildman–Crippen LogP) is -1.54. The third-order valence-electron chi connectivity index (χ3n) is 4.84. The van der Waals surface area contributed by atoms with Crippen LogP contribution in [0.15, 0.2) is 12.5 Å². The van der Waals surface area contributed by atoms with Gasteiger partial charge in [0.05, 0.1) is 24.3 Å². The van der Waals surface area contributed by atoms with Gasteiger partial charge in [0.2, 0.25) is 15.9 Å². The van der Waals surface area contributed by atoms with E-state index in [4.69, 9.17) is 4.74 Å². The van der Waals surface area contributed by atoms with Gasteiger partial charge in [0.1, 0.15) is 11.7 Å². The lowest BCUT2D eigenvalue weighted by Gasteiger charge is -2.38. The number of hydrogen-bond donors (Lipinski definition) is 2. The van der Waals surface area contributed by atoms with Crippen molar-refractivity contribution < 1.29 is 22.7 Å². The topological polar surface area (TPSA) is 123 Å². The van der Waals surface area contributed by atoms with Gasteiger partial charge in [-0.25, -0.2) is 13.4 Å². The molecule has 10 nitrogen and oxygen atoms in total. The second kappa shape index (κ2) is 6.97. The van der Waals surface area contributed by atoms with E-state index in [-0.39, 0.29) is 18.8 Å². The van der Waals surface area contributed by atoms with Gasteiger partial charge < -0.3 is 19.9 Å². The summed E-state index contributed by atoms with van der Waals surface area (Å²) in [6.07, 6.45) is 5.01. The fourth-order valence-corrected chi connectivity index (χ4v) is 4.20. The molecular formula is C15H23N5O5S. The van der Waals surface area contributed by atoms with E-state index >= 15 is 0 Å². The van der Waals surface area contributed by atoms with E-state index in [1.807, 2.05) is 0 Å². The summed E-state index contributed by atoms with van der Waals surface area (Å²) < 4.78 is 32.6. The van der Waals surface area contributed by atoms with Crippen LogP contribution in [0.3, 0.4) is 0 Å². The van der Waals surface area contributed by atoms with Crippen molar-refractivity contribution >= 4 is 21.8 Å². The smallest absolute Gasteiger partial charge is 0.270 e. The Morgan fingerprint density at radius 3 is 2.69 bits per heavy atom. The van der Waals surface area contributed by atoms with Crippen LogP contribution >= 0.6 is 0 Å². The summed E-state index contributed by atoms with van der Waals surface area (Å²) in [4.78, 5) is 29.1. The Balaban J connectivity index is 1.85. The second-order valence-electron chi connectivity index (χ2n) is 6.85. The molecule has 11 heteroatoms. The standard InChI is InChI=1S/C15H23N5O5S/c1-19-10-16-7-12(19)14(22)17-11-8-20(26(2,23)24)9-15(18-13(11)21)3-5-25-6-4-15/h7,10-11H,3-6,8-9H2,1-2H3,(H,17,22)(H,18,21). The number of sulfonamides is 1.